The number of hydrogen-bond acceptors (Lipinski definition) is 4. The van der Waals surface area contributed by atoms with Gasteiger partial charge in [-0.25, -0.2) is 4.79 Å². The highest BCUT2D eigenvalue weighted by atomic mass is 32.2. The molecule has 0 bridgehead atoms. The number of thioether (sulfide) groups is 1. The highest BCUT2D eigenvalue weighted by molar-refractivity contribution is 8.00. The van der Waals surface area contributed by atoms with E-state index >= 15 is 0 Å². The third kappa shape index (κ3) is 3.58. The summed E-state index contributed by atoms with van der Waals surface area (Å²) in [5.74, 6) is -1.39. The molecule has 94 valence electrons. The molecule has 1 N–H and O–H groups in total. The van der Waals surface area contributed by atoms with Crippen molar-refractivity contribution in [2.45, 2.75) is 30.2 Å². The lowest BCUT2D eigenvalue weighted by Gasteiger charge is -2.10. The molecule has 1 aromatic rings. The predicted molar refractivity (Wildman–Crippen MR) is 55.0 cm³/mol. The first kappa shape index (κ1) is 13.8. The Morgan fingerprint density at radius 1 is 1.41 bits per heavy atom. The molecule has 1 aromatic heterocycles. The van der Waals surface area contributed by atoms with Crippen LogP contribution in [0, 0.1) is 0 Å². The van der Waals surface area contributed by atoms with E-state index in [-0.39, 0.29) is 10.1 Å². The predicted octanol–water partition coefficient (Wildman–Crippen LogP) is 2.69. The molecular weight excluding hydrogens is 257 g/mol. The molecule has 0 aromatic carbocycles. The van der Waals surface area contributed by atoms with Gasteiger partial charge in [0, 0.05) is 10.1 Å². The summed E-state index contributed by atoms with van der Waals surface area (Å²) in [5.41, 5.74) is -1.65. The minimum absolute atomic E-state index is 0.0326. The summed E-state index contributed by atoms with van der Waals surface area (Å²) in [6.45, 7) is 3.48. The standard InChI is InChI=1S/C9H9F3N2O2S/c1-4(2)17-5-3-6(9(10,11)12)13-14-7(5)8(15)16/h3-4H,1-2H3,(H,15,16). The van der Waals surface area contributed by atoms with Gasteiger partial charge in [-0.05, 0) is 6.07 Å². The molecule has 1 heterocycles. The number of carbonyl (C=O) groups is 1. The van der Waals surface area contributed by atoms with Gasteiger partial charge in [-0.1, -0.05) is 13.8 Å². The van der Waals surface area contributed by atoms with Gasteiger partial charge >= 0.3 is 12.1 Å². The number of rotatable bonds is 3. The molecule has 0 aliphatic heterocycles. The first-order chi connectivity index (χ1) is 7.71. The van der Waals surface area contributed by atoms with E-state index in [9.17, 15) is 18.0 Å². The second-order valence-electron chi connectivity index (χ2n) is 3.41. The topological polar surface area (TPSA) is 63.1 Å². The number of alkyl halides is 3. The fraction of sp³-hybridized carbons (Fsp3) is 0.444. The Kier molecular flexibility index (Phi) is 3.97. The molecule has 1 rings (SSSR count). The van der Waals surface area contributed by atoms with Gasteiger partial charge in [0.2, 0.25) is 0 Å². The second-order valence-corrected chi connectivity index (χ2v) is 5.03. The number of halogens is 3. The molecule has 0 saturated carbocycles. The zero-order valence-electron chi connectivity index (χ0n) is 8.95. The Labute approximate surface area is 99.2 Å². The number of hydrogen-bond donors (Lipinski definition) is 1. The molecule has 0 spiro atoms. The zero-order chi connectivity index (χ0) is 13.2. The smallest absolute Gasteiger partial charge is 0.435 e. The maximum Gasteiger partial charge on any atom is 0.435 e. The van der Waals surface area contributed by atoms with Crippen molar-refractivity contribution in [2.75, 3.05) is 0 Å². The van der Waals surface area contributed by atoms with E-state index in [1.807, 2.05) is 0 Å². The van der Waals surface area contributed by atoms with Crippen LogP contribution in [0.25, 0.3) is 0 Å². The average Bonchev–Trinajstić information content (AvgIpc) is 2.14. The molecule has 0 aliphatic carbocycles. The van der Waals surface area contributed by atoms with Crippen LogP contribution in [-0.2, 0) is 6.18 Å². The summed E-state index contributed by atoms with van der Waals surface area (Å²) in [6.07, 6.45) is -4.63. The van der Waals surface area contributed by atoms with E-state index in [1.54, 1.807) is 13.8 Å². The van der Waals surface area contributed by atoms with Gasteiger partial charge in [0.25, 0.3) is 0 Å². The van der Waals surface area contributed by atoms with Crippen LogP contribution in [0.2, 0.25) is 0 Å². The van der Waals surface area contributed by atoms with E-state index in [0.717, 1.165) is 11.8 Å². The summed E-state index contributed by atoms with van der Waals surface area (Å²) >= 11 is 1.00. The van der Waals surface area contributed by atoms with Crippen molar-refractivity contribution in [3.8, 4) is 0 Å². The summed E-state index contributed by atoms with van der Waals surface area (Å²) < 4.78 is 37.1. The van der Waals surface area contributed by atoms with Crippen LogP contribution in [0.3, 0.4) is 0 Å². The Hall–Kier alpha value is -1.31. The molecule has 8 heteroatoms. The van der Waals surface area contributed by atoms with Crippen molar-refractivity contribution in [1.29, 1.82) is 0 Å². The monoisotopic (exact) mass is 266 g/mol. The molecule has 17 heavy (non-hydrogen) atoms. The lowest BCUT2D eigenvalue weighted by Crippen LogP contribution is -2.13. The number of carboxylic acid groups (broad SMARTS) is 1. The first-order valence-electron chi connectivity index (χ1n) is 4.56. The zero-order valence-corrected chi connectivity index (χ0v) is 9.76. The van der Waals surface area contributed by atoms with Crippen LogP contribution < -0.4 is 0 Å². The van der Waals surface area contributed by atoms with Crippen molar-refractivity contribution in [3.05, 3.63) is 17.5 Å². The van der Waals surface area contributed by atoms with Gasteiger partial charge in [-0.15, -0.1) is 22.0 Å². The highest BCUT2D eigenvalue weighted by Gasteiger charge is 2.34. The molecule has 0 saturated heterocycles. The van der Waals surface area contributed by atoms with E-state index in [0.29, 0.717) is 6.07 Å². The fourth-order valence-corrected chi connectivity index (χ4v) is 1.93. The maximum absolute atomic E-state index is 12.4. The summed E-state index contributed by atoms with van der Waals surface area (Å²) in [7, 11) is 0. The average molecular weight is 266 g/mol. The quantitative estimate of drug-likeness (QED) is 0.852. The minimum atomic E-state index is -4.63. The van der Waals surface area contributed by atoms with Gasteiger partial charge in [0.1, 0.15) is 0 Å². The van der Waals surface area contributed by atoms with Crippen LogP contribution in [0.15, 0.2) is 11.0 Å². The lowest BCUT2D eigenvalue weighted by atomic mass is 10.3. The third-order valence-corrected chi connectivity index (χ3v) is 2.65. The molecular formula is C9H9F3N2O2S. The molecule has 0 unspecified atom stereocenters. The largest absolute Gasteiger partial charge is 0.476 e. The Morgan fingerprint density at radius 3 is 2.41 bits per heavy atom. The lowest BCUT2D eigenvalue weighted by molar-refractivity contribution is -0.142. The van der Waals surface area contributed by atoms with E-state index in [2.05, 4.69) is 10.2 Å². The van der Waals surface area contributed by atoms with Crippen molar-refractivity contribution >= 4 is 17.7 Å². The molecule has 0 aliphatic rings. The first-order valence-corrected chi connectivity index (χ1v) is 5.44. The van der Waals surface area contributed by atoms with Crippen LogP contribution in [0.1, 0.15) is 30.0 Å². The van der Waals surface area contributed by atoms with Crippen LogP contribution in [-0.4, -0.2) is 26.5 Å². The van der Waals surface area contributed by atoms with Crippen molar-refractivity contribution in [1.82, 2.24) is 10.2 Å². The number of carboxylic acids is 1. The Bertz CT molecular complexity index is 435. The van der Waals surface area contributed by atoms with Crippen molar-refractivity contribution in [3.63, 3.8) is 0 Å². The van der Waals surface area contributed by atoms with Crippen LogP contribution in [0.5, 0.6) is 0 Å². The maximum atomic E-state index is 12.4. The molecule has 4 nitrogen and oxygen atoms in total. The van der Waals surface area contributed by atoms with Gasteiger partial charge in [0.05, 0.1) is 0 Å². The number of aromatic nitrogens is 2. The minimum Gasteiger partial charge on any atom is -0.476 e. The SMILES string of the molecule is CC(C)Sc1cc(C(F)(F)F)nnc1C(=O)O. The molecule has 0 atom stereocenters. The summed E-state index contributed by atoms with van der Waals surface area (Å²) in [5, 5.41) is 14.7. The van der Waals surface area contributed by atoms with E-state index in [4.69, 9.17) is 5.11 Å². The number of aromatic carboxylic acids is 1. The normalized spacial score (nSPS) is 11.9. The molecule has 0 fully saturated rings. The molecule has 0 radical (unpaired) electrons. The summed E-state index contributed by atoms with van der Waals surface area (Å²) in [4.78, 5) is 10.7. The van der Waals surface area contributed by atoms with Gasteiger partial charge in [0.15, 0.2) is 11.4 Å². The van der Waals surface area contributed by atoms with Crippen LogP contribution in [0.4, 0.5) is 13.2 Å². The second kappa shape index (κ2) is 4.91. The Balaban J connectivity index is 3.24. The van der Waals surface area contributed by atoms with Crippen molar-refractivity contribution in [2.24, 2.45) is 0 Å². The van der Waals surface area contributed by atoms with Crippen LogP contribution >= 0.6 is 11.8 Å². The van der Waals surface area contributed by atoms with E-state index in [1.165, 1.54) is 0 Å². The Morgan fingerprint density at radius 2 is 2.00 bits per heavy atom. The highest BCUT2D eigenvalue weighted by Crippen LogP contribution is 2.32. The fourth-order valence-electron chi connectivity index (χ4n) is 1.01. The van der Waals surface area contributed by atoms with E-state index < -0.39 is 23.5 Å². The van der Waals surface area contributed by atoms with Crippen molar-refractivity contribution < 1.29 is 23.1 Å². The molecule has 0 amide bonds. The third-order valence-electron chi connectivity index (χ3n) is 1.61. The number of nitrogens with zero attached hydrogens (tertiary/aromatic N) is 2. The summed E-state index contributed by atoms with van der Waals surface area (Å²) in [6, 6.07) is 0.709. The van der Waals surface area contributed by atoms with Gasteiger partial charge in [-0.3, -0.25) is 0 Å². The van der Waals surface area contributed by atoms with Gasteiger partial charge < -0.3 is 5.11 Å². The van der Waals surface area contributed by atoms with Gasteiger partial charge in [-0.2, -0.15) is 13.2 Å².